The zero-order chi connectivity index (χ0) is 7.98. The highest BCUT2D eigenvalue weighted by Gasteiger charge is 1.94. The number of carbonyl (C=O) groups is 1. The first-order valence-corrected chi connectivity index (χ1v) is 3.33. The first-order chi connectivity index (χ1) is 4.66. The topological polar surface area (TPSA) is 41.1 Å². The molecular formula is C7H14N2O. The quantitative estimate of drug-likeness (QED) is 0.564. The molecular weight excluding hydrogens is 128 g/mol. The highest BCUT2D eigenvalue weighted by molar-refractivity contribution is 5.73. The first-order valence-electron chi connectivity index (χ1n) is 3.33. The highest BCUT2D eigenvalue weighted by atomic mass is 16.2. The molecule has 0 aromatic rings. The van der Waals surface area contributed by atoms with E-state index in [4.69, 9.17) is 0 Å². The summed E-state index contributed by atoms with van der Waals surface area (Å²) in [7, 11) is 0. The fraction of sp³-hybridized carbons (Fsp3) is 0.571. The van der Waals surface area contributed by atoms with Gasteiger partial charge in [0.1, 0.15) is 0 Å². The van der Waals surface area contributed by atoms with E-state index in [0.717, 1.165) is 5.57 Å². The van der Waals surface area contributed by atoms with Gasteiger partial charge in [0.2, 0.25) is 0 Å². The third-order valence-corrected chi connectivity index (χ3v) is 0.888. The van der Waals surface area contributed by atoms with Crippen LogP contribution in [0, 0.1) is 0 Å². The molecule has 0 heterocycles. The van der Waals surface area contributed by atoms with Gasteiger partial charge in [-0.3, -0.25) is 0 Å². The predicted molar refractivity (Wildman–Crippen MR) is 41.9 cm³/mol. The summed E-state index contributed by atoms with van der Waals surface area (Å²) in [6, 6.07) is -0.134. The van der Waals surface area contributed by atoms with Gasteiger partial charge in [-0.25, -0.2) is 4.79 Å². The van der Waals surface area contributed by atoms with E-state index < -0.39 is 0 Å². The second-order valence-electron chi connectivity index (χ2n) is 2.17. The molecule has 0 fully saturated rings. The van der Waals surface area contributed by atoms with E-state index in [1.165, 1.54) is 0 Å². The molecule has 10 heavy (non-hydrogen) atoms. The summed E-state index contributed by atoms with van der Waals surface area (Å²) in [6.45, 7) is 8.59. The Morgan fingerprint density at radius 2 is 2.10 bits per heavy atom. The molecule has 3 nitrogen and oxygen atoms in total. The maximum Gasteiger partial charge on any atom is 0.315 e. The molecule has 0 unspecified atom stereocenters. The second-order valence-corrected chi connectivity index (χ2v) is 2.17. The number of nitrogens with one attached hydrogen (secondary N) is 2. The molecule has 0 rings (SSSR count). The molecule has 0 aliphatic rings. The molecule has 2 N–H and O–H groups in total. The molecule has 2 amide bonds. The van der Waals surface area contributed by atoms with Gasteiger partial charge in [0, 0.05) is 13.1 Å². The molecule has 0 bridgehead atoms. The van der Waals surface area contributed by atoms with Gasteiger partial charge in [-0.2, -0.15) is 0 Å². The second kappa shape index (κ2) is 4.85. The normalized spacial score (nSPS) is 8.60. The Morgan fingerprint density at radius 1 is 1.50 bits per heavy atom. The lowest BCUT2D eigenvalue weighted by Gasteiger charge is -2.03. The molecule has 0 aliphatic heterocycles. The van der Waals surface area contributed by atoms with Crippen molar-refractivity contribution in [3.63, 3.8) is 0 Å². The minimum atomic E-state index is -0.134. The number of amides is 2. The molecule has 58 valence electrons. The van der Waals surface area contributed by atoms with Crippen molar-refractivity contribution in [3.8, 4) is 0 Å². The zero-order valence-corrected chi connectivity index (χ0v) is 6.53. The lowest BCUT2D eigenvalue weighted by molar-refractivity contribution is 0.242. The average Bonchev–Trinajstić information content (AvgIpc) is 1.85. The maximum absolute atomic E-state index is 10.7. The van der Waals surface area contributed by atoms with Gasteiger partial charge < -0.3 is 10.6 Å². The summed E-state index contributed by atoms with van der Waals surface area (Å²) in [5.74, 6) is 0. The molecule has 0 radical (unpaired) electrons. The summed E-state index contributed by atoms with van der Waals surface area (Å²) in [5, 5.41) is 5.24. The average molecular weight is 142 g/mol. The van der Waals surface area contributed by atoms with Gasteiger partial charge in [-0.15, -0.1) is 0 Å². The molecule has 0 aliphatic carbocycles. The van der Waals surface area contributed by atoms with Crippen LogP contribution in [0.2, 0.25) is 0 Å². The molecule has 0 saturated carbocycles. The number of hydrogen-bond acceptors (Lipinski definition) is 1. The van der Waals surface area contributed by atoms with Crippen LogP contribution in [0.5, 0.6) is 0 Å². The Labute approximate surface area is 61.5 Å². The van der Waals surface area contributed by atoms with Crippen LogP contribution in [0.3, 0.4) is 0 Å². The van der Waals surface area contributed by atoms with Crippen LogP contribution in [-0.2, 0) is 0 Å². The van der Waals surface area contributed by atoms with Crippen LogP contribution in [0.1, 0.15) is 13.8 Å². The third kappa shape index (κ3) is 5.15. The van der Waals surface area contributed by atoms with Gasteiger partial charge in [-0.05, 0) is 13.8 Å². The zero-order valence-electron chi connectivity index (χ0n) is 6.53. The Balaban J connectivity index is 3.30. The standard InChI is InChI=1S/C7H14N2O/c1-4-8-7(10)9-5-6(2)3/h2,4-5H2,1,3H3,(H2,8,9,10). The van der Waals surface area contributed by atoms with Crippen LogP contribution in [0.4, 0.5) is 4.79 Å². The fourth-order valence-corrected chi connectivity index (χ4v) is 0.454. The van der Waals surface area contributed by atoms with Gasteiger partial charge in [0.15, 0.2) is 0 Å². The smallest absolute Gasteiger partial charge is 0.315 e. The fourth-order valence-electron chi connectivity index (χ4n) is 0.454. The van der Waals surface area contributed by atoms with Crippen LogP contribution >= 0.6 is 0 Å². The van der Waals surface area contributed by atoms with Crippen molar-refractivity contribution >= 4 is 6.03 Å². The Kier molecular flexibility index (Phi) is 4.37. The number of urea groups is 1. The van der Waals surface area contributed by atoms with Crippen molar-refractivity contribution in [1.82, 2.24) is 10.6 Å². The van der Waals surface area contributed by atoms with Crippen molar-refractivity contribution in [2.45, 2.75) is 13.8 Å². The van der Waals surface area contributed by atoms with E-state index in [1.807, 2.05) is 13.8 Å². The first kappa shape index (κ1) is 9.01. The highest BCUT2D eigenvalue weighted by Crippen LogP contribution is 1.80. The summed E-state index contributed by atoms with van der Waals surface area (Å²) < 4.78 is 0. The monoisotopic (exact) mass is 142 g/mol. The molecule has 0 aromatic heterocycles. The molecule has 0 atom stereocenters. The summed E-state index contributed by atoms with van der Waals surface area (Å²) >= 11 is 0. The number of rotatable bonds is 3. The number of hydrogen-bond donors (Lipinski definition) is 2. The molecule has 0 saturated heterocycles. The Hall–Kier alpha value is -0.990. The Morgan fingerprint density at radius 3 is 2.50 bits per heavy atom. The molecule has 0 aromatic carbocycles. The van der Waals surface area contributed by atoms with Crippen LogP contribution < -0.4 is 10.6 Å². The van der Waals surface area contributed by atoms with Gasteiger partial charge in [0.05, 0.1) is 0 Å². The third-order valence-electron chi connectivity index (χ3n) is 0.888. The molecule has 0 spiro atoms. The van der Waals surface area contributed by atoms with E-state index in [-0.39, 0.29) is 6.03 Å². The maximum atomic E-state index is 10.7. The van der Waals surface area contributed by atoms with Crippen molar-refractivity contribution in [2.24, 2.45) is 0 Å². The van der Waals surface area contributed by atoms with Gasteiger partial charge in [-0.1, -0.05) is 12.2 Å². The van der Waals surface area contributed by atoms with E-state index in [9.17, 15) is 4.79 Å². The van der Waals surface area contributed by atoms with Crippen molar-refractivity contribution < 1.29 is 4.79 Å². The van der Waals surface area contributed by atoms with Gasteiger partial charge in [0.25, 0.3) is 0 Å². The van der Waals surface area contributed by atoms with Crippen molar-refractivity contribution in [1.29, 1.82) is 0 Å². The van der Waals surface area contributed by atoms with E-state index in [1.54, 1.807) is 0 Å². The van der Waals surface area contributed by atoms with E-state index >= 15 is 0 Å². The lowest BCUT2D eigenvalue weighted by Crippen LogP contribution is -2.35. The van der Waals surface area contributed by atoms with Crippen LogP contribution in [0.15, 0.2) is 12.2 Å². The SMILES string of the molecule is C=C(C)CNC(=O)NCC. The largest absolute Gasteiger partial charge is 0.338 e. The lowest BCUT2D eigenvalue weighted by atomic mass is 10.3. The van der Waals surface area contributed by atoms with E-state index in [2.05, 4.69) is 17.2 Å². The summed E-state index contributed by atoms with van der Waals surface area (Å²) in [4.78, 5) is 10.7. The summed E-state index contributed by atoms with van der Waals surface area (Å²) in [6.07, 6.45) is 0. The summed E-state index contributed by atoms with van der Waals surface area (Å²) in [5.41, 5.74) is 0.950. The van der Waals surface area contributed by atoms with E-state index in [0.29, 0.717) is 13.1 Å². The Bertz CT molecular complexity index is 132. The number of carbonyl (C=O) groups excluding carboxylic acids is 1. The van der Waals surface area contributed by atoms with Gasteiger partial charge >= 0.3 is 6.03 Å². The minimum absolute atomic E-state index is 0.134. The van der Waals surface area contributed by atoms with Crippen molar-refractivity contribution in [2.75, 3.05) is 13.1 Å². The van der Waals surface area contributed by atoms with Crippen LogP contribution in [0.25, 0.3) is 0 Å². The van der Waals surface area contributed by atoms with Crippen molar-refractivity contribution in [3.05, 3.63) is 12.2 Å². The predicted octanol–water partition coefficient (Wildman–Crippen LogP) is 0.882. The molecule has 3 heteroatoms. The minimum Gasteiger partial charge on any atom is -0.338 e. The van der Waals surface area contributed by atoms with Crippen LogP contribution in [-0.4, -0.2) is 19.1 Å².